The number of benzene rings is 2. The Hall–Kier alpha value is -2.84. The van der Waals surface area contributed by atoms with Gasteiger partial charge in [0.2, 0.25) is 0 Å². The number of hydrogen-bond donors (Lipinski definition) is 1. The van der Waals surface area contributed by atoms with E-state index in [1.54, 1.807) is 0 Å². The molecule has 0 spiro atoms. The maximum Gasteiger partial charge on any atom is 0.338 e. The molecule has 2 aromatic carbocycles. The van der Waals surface area contributed by atoms with Gasteiger partial charge >= 0.3 is 5.97 Å². The Morgan fingerprint density at radius 1 is 1.15 bits per heavy atom. The second-order valence-electron chi connectivity index (χ2n) is 4.89. The molecule has 2 rings (SSSR count). The first-order valence-corrected chi connectivity index (χ1v) is 7.82. The first-order chi connectivity index (χ1) is 12.3. The maximum absolute atomic E-state index is 11.9. The van der Waals surface area contributed by atoms with Gasteiger partial charge in [0.15, 0.2) is 6.61 Å². The molecule has 26 heavy (non-hydrogen) atoms. The number of halogens is 2. The molecule has 0 saturated carbocycles. The minimum atomic E-state index is -0.755. The van der Waals surface area contributed by atoms with Crippen molar-refractivity contribution >= 4 is 46.5 Å². The van der Waals surface area contributed by atoms with Crippen molar-refractivity contribution < 1.29 is 24.0 Å². The van der Waals surface area contributed by atoms with E-state index in [4.69, 9.17) is 32.7 Å². The topological polar surface area (TPSA) is 108 Å². The monoisotopic (exact) mass is 398 g/mol. The molecule has 0 aliphatic rings. The second kappa shape index (κ2) is 8.50. The number of esters is 1. The molecular formula is C16H12Cl2N2O6. The Morgan fingerprint density at radius 2 is 1.88 bits per heavy atom. The van der Waals surface area contributed by atoms with Crippen LogP contribution in [-0.4, -0.2) is 30.5 Å². The minimum Gasteiger partial charge on any atom is -0.494 e. The normalized spacial score (nSPS) is 10.1. The van der Waals surface area contributed by atoms with E-state index in [1.165, 1.54) is 37.4 Å². The number of anilines is 1. The van der Waals surface area contributed by atoms with Crippen molar-refractivity contribution in [3.63, 3.8) is 0 Å². The van der Waals surface area contributed by atoms with Crippen LogP contribution in [0.3, 0.4) is 0 Å². The van der Waals surface area contributed by atoms with Gasteiger partial charge in [0, 0.05) is 6.07 Å². The largest absolute Gasteiger partial charge is 0.494 e. The Morgan fingerprint density at radius 3 is 2.50 bits per heavy atom. The summed E-state index contributed by atoms with van der Waals surface area (Å²) in [6, 6.07) is 7.85. The van der Waals surface area contributed by atoms with E-state index in [9.17, 15) is 19.7 Å². The van der Waals surface area contributed by atoms with Crippen LogP contribution < -0.4 is 10.1 Å². The summed E-state index contributed by atoms with van der Waals surface area (Å²) in [5.41, 5.74) is 0.152. The lowest BCUT2D eigenvalue weighted by atomic mass is 10.2. The molecule has 0 aliphatic heterocycles. The fraction of sp³-hybridized carbons (Fsp3) is 0.125. The third-order valence-corrected chi connectivity index (χ3v) is 3.90. The molecule has 2 aromatic rings. The lowest BCUT2D eigenvalue weighted by molar-refractivity contribution is -0.384. The third-order valence-electron chi connectivity index (χ3n) is 3.16. The van der Waals surface area contributed by atoms with Crippen molar-refractivity contribution in [3.8, 4) is 5.75 Å². The van der Waals surface area contributed by atoms with Gasteiger partial charge < -0.3 is 14.8 Å². The van der Waals surface area contributed by atoms with Gasteiger partial charge in [0.1, 0.15) is 5.75 Å². The number of non-ortho nitro benzene ring substituents is 1. The van der Waals surface area contributed by atoms with E-state index >= 15 is 0 Å². The van der Waals surface area contributed by atoms with Crippen LogP contribution in [-0.2, 0) is 9.53 Å². The predicted molar refractivity (Wildman–Crippen MR) is 95.0 cm³/mol. The smallest absolute Gasteiger partial charge is 0.338 e. The molecule has 1 N–H and O–H groups in total. The molecule has 136 valence electrons. The van der Waals surface area contributed by atoms with Crippen LogP contribution in [0.5, 0.6) is 5.75 Å². The van der Waals surface area contributed by atoms with E-state index in [1.807, 2.05) is 0 Å². The highest BCUT2D eigenvalue weighted by atomic mass is 35.5. The Balaban J connectivity index is 1.99. The third kappa shape index (κ3) is 4.84. The number of rotatable bonds is 6. The second-order valence-corrected chi connectivity index (χ2v) is 5.71. The average molecular weight is 399 g/mol. The van der Waals surface area contributed by atoms with E-state index in [-0.39, 0.29) is 32.7 Å². The summed E-state index contributed by atoms with van der Waals surface area (Å²) < 4.78 is 9.89. The van der Waals surface area contributed by atoms with Crippen LogP contribution in [0.2, 0.25) is 10.0 Å². The summed E-state index contributed by atoms with van der Waals surface area (Å²) in [5, 5.41) is 13.7. The number of carbonyl (C=O) groups excluding carboxylic acids is 2. The number of nitrogens with one attached hydrogen (secondary N) is 1. The molecule has 0 unspecified atom stereocenters. The van der Waals surface area contributed by atoms with E-state index < -0.39 is 23.4 Å². The molecule has 10 heteroatoms. The SMILES string of the molecule is COc1cc([N+](=O)[O-])ccc1NC(=O)COC(=O)c1ccc(Cl)c(Cl)c1. The fourth-order valence-electron chi connectivity index (χ4n) is 1.92. The molecule has 0 aliphatic carbocycles. The van der Waals surface area contributed by atoms with Crippen molar-refractivity contribution in [2.45, 2.75) is 0 Å². The fourth-order valence-corrected chi connectivity index (χ4v) is 2.22. The first kappa shape index (κ1) is 19.5. The molecule has 0 fully saturated rings. The standard InChI is InChI=1S/C16H12Cl2N2O6/c1-25-14-7-10(20(23)24)3-5-13(14)19-15(21)8-26-16(22)9-2-4-11(17)12(18)6-9/h2-7H,8H2,1H3,(H,19,21). The molecule has 0 aromatic heterocycles. The average Bonchev–Trinajstić information content (AvgIpc) is 2.62. The van der Waals surface area contributed by atoms with E-state index in [2.05, 4.69) is 5.32 Å². The summed E-state index contributed by atoms with van der Waals surface area (Å²) in [4.78, 5) is 34.0. The molecule has 8 nitrogen and oxygen atoms in total. The predicted octanol–water partition coefficient (Wildman–Crippen LogP) is 3.71. The number of hydrogen-bond acceptors (Lipinski definition) is 6. The summed E-state index contributed by atoms with van der Waals surface area (Å²) in [5.74, 6) is -1.30. The first-order valence-electron chi connectivity index (χ1n) is 7.06. The Kier molecular flexibility index (Phi) is 6.37. The summed E-state index contributed by atoms with van der Waals surface area (Å²) in [6.07, 6.45) is 0. The van der Waals surface area contributed by atoms with Crippen LogP contribution in [0.4, 0.5) is 11.4 Å². The van der Waals surface area contributed by atoms with Gasteiger partial charge in [-0.2, -0.15) is 0 Å². The van der Waals surface area contributed by atoms with Gasteiger partial charge in [-0.1, -0.05) is 23.2 Å². The maximum atomic E-state index is 11.9. The molecular weight excluding hydrogens is 387 g/mol. The molecule has 0 heterocycles. The van der Waals surface area contributed by atoms with Crippen LogP contribution in [0.25, 0.3) is 0 Å². The van der Waals surface area contributed by atoms with Gasteiger partial charge in [-0.25, -0.2) is 4.79 Å². The number of nitrogens with zero attached hydrogens (tertiary/aromatic N) is 1. The number of nitro groups is 1. The molecule has 0 atom stereocenters. The zero-order chi connectivity index (χ0) is 19.3. The van der Waals surface area contributed by atoms with Crippen LogP contribution in [0.15, 0.2) is 36.4 Å². The zero-order valence-corrected chi connectivity index (χ0v) is 14.8. The van der Waals surface area contributed by atoms with Gasteiger partial charge in [0.05, 0.1) is 39.4 Å². The highest BCUT2D eigenvalue weighted by molar-refractivity contribution is 6.42. The number of methoxy groups -OCH3 is 1. The van der Waals surface area contributed by atoms with Crippen molar-refractivity contribution in [1.29, 1.82) is 0 Å². The Labute approximate surface area is 157 Å². The number of ether oxygens (including phenoxy) is 2. The summed E-state index contributed by atoms with van der Waals surface area (Å²) in [6.45, 7) is -0.570. The van der Waals surface area contributed by atoms with Crippen molar-refractivity contribution in [2.24, 2.45) is 0 Å². The van der Waals surface area contributed by atoms with Gasteiger partial charge in [-0.15, -0.1) is 0 Å². The van der Waals surface area contributed by atoms with Crippen molar-refractivity contribution in [3.05, 3.63) is 62.1 Å². The summed E-state index contributed by atoms with van der Waals surface area (Å²) >= 11 is 11.6. The number of carbonyl (C=O) groups is 2. The zero-order valence-electron chi connectivity index (χ0n) is 13.3. The summed E-state index contributed by atoms with van der Waals surface area (Å²) in [7, 11) is 1.30. The van der Waals surface area contributed by atoms with Gasteiger partial charge in [-0.05, 0) is 24.3 Å². The molecule has 0 radical (unpaired) electrons. The highest BCUT2D eigenvalue weighted by Gasteiger charge is 2.15. The van der Waals surface area contributed by atoms with E-state index in [0.29, 0.717) is 0 Å². The quantitative estimate of drug-likeness (QED) is 0.451. The van der Waals surface area contributed by atoms with Crippen molar-refractivity contribution in [2.75, 3.05) is 19.0 Å². The highest BCUT2D eigenvalue weighted by Crippen LogP contribution is 2.29. The van der Waals surface area contributed by atoms with Crippen LogP contribution >= 0.6 is 23.2 Å². The number of amides is 1. The Bertz CT molecular complexity index is 872. The van der Waals surface area contributed by atoms with Crippen molar-refractivity contribution in [1.82, 2.24) is 0 Å². The van der Waals surface area contributed by atoms with Gasteiger partial charge in [0.25, 0.3) is 11.6 Å². The van der Waals surface area contributed by atoms with Crippen LogP contribution in [0, 0.1) is 10.1 Å². The van der Waals surface area contributed by atoms with E-state index in [0.717, 1.165) is 6.07 Å². The number of nitro benzene ring substituents is 1. The lowest BCUT2D eigenvalue weighted by Crippen LogP contribution is -2.21. The van der Waals surface area contributed by atoms with Gasteiger partial charge in [-0.3, -0.25) is 14.9 Å². The molecule has 0 saturated heterocycles. The lowest BCUT2D eigenvalue weighted by Gasteiger charge is -2.10. The van der Waals surface area contributed by atoms with Crippen LogP contribution in [0.1, 0.15) is 10.4 Å². The molecule has 0 bridgehead atoms. The minimum absolute atomic E-state index is 0.100. The molecule has 1 amide bonds.